The van der Waals surface area contributed by atoms with Crippen LogP contribution in [0.25, 0.3) is 17.2 Å². The summed E-state index contributed by atoms with van der Waals surface area (Å²) in [7, 11) is -1.74. The van der Waals surface area contributed by atoms with Crippen molar-refractivity contribution in [2.24, 2.45) is 0 Å². The summed E-state index contributed by atoms with van der Waals surface area (Å²) in [6.07, 6.45) is 4.65. The van der Waals surface area contributed by atoms with Crippen LogP contribution in [-0.2, 0) is 4.43 Å². The third kappa shape index (κ3) is 5.65. The maximum atomic E-state index is 11.7. The van der Waals surface area contributed by atoms with Gasteiger partial charge in [-0.2, -0.15) is 0 Å². The van der Waals surface area contributed by atoms with Crippen LogP contribution in [0.3, 0.4) is 0 Å². The zero-order valence-corrected chi connectivity index (χ0v) is 18.0. The molecule has 0 aliphatic heterocycles. The Kier molecular flexibility index (Phi) is 6.79. The highest BCUT2D eigenvalue weighted by atomic mass is 28.4. The second-order valence-electron chi connectivity index (χ2n) is 8.27. The molecule has 3 nitrogen and oxygen atoms in total. The summed E-state index contributed by atoms with van der Waals surface area (Å²) < 4.78 is 6.16. The van der Waals surface area contributed by atoms with E-state index in [0.717, 1.165) is 23.1 Å². The van der Waals surface area contributed by atoms with Crippen molar-refractivity contribution in [1.29, 1.82) is 0 Å². The third-order valence-corrected chi connectivity index (χ3v) is 9.78. The minimum Gasteiger partial charge on any atom is -0.478 e. The van der Waals surface area contributed by atoms with Crippen LogP contribution in [0.1, 0.15) is 43.1 Å². The van der Waals surface area contributed by atoms with Gasteiger partial charge in [0.05, 0.1) is 5.56 Å². The molecule has 0 spiro atoms. The van der Waals surface area contributed by atoms with Crippen molar-refractivity contribution in [3.8, 4) is 11.1 Å². The first-order valence-electron chi connectivity index (χ1n) is 9.35. The summed E-state index contributed by atoms with van der Waals surface area (Å²) in [6, 6.07) is 15.4. The van der Waals surface area contributed by atoms with E-state index in [2.05, 4.69) is 33.9 Å². The quantitative estimate of drug-likeness (QED) is 0.440. The van der Waals surface area contributed by atoms with Gasteiger partial charge in [0.15, 0.2) is 8.32 Å². The minimum absolute atomic E-state index is 0.195. The molecule has 0 radical (unpaired) electrons. The van der Waals surface area contributed by atoms with Gasteiger partial charge in [0.25, 0.3) is 0 Å². The molecule has 1 N–H and O–H groups in total. The molecule has 0 saturated carbocycles. The van der Waals surface area contributed by atoms with Gasteiger partial charge >= 0.3 is 5.97 Å². The molecule has 0 saturated heterocycles. The summed E-state index contributed by atoms with van der Waals surface area (Å²) in [5.41, 5.74) is 2.96. The van der Waals surface area contributed by atoms with Gasteiger partial charge in [-0.1, -0.05) is 75.4 Å². The van der Waals surface area contributed by atoms with Gasteiger partial charge in [0, 0.05) is 6.61 Å². The molecule has 2 aromatic rings. The monoisotopic (exact) mass is 382 g/mol. The number of aromatic carboxylic acids is 1. The van der Waals surface area contributed by atoms with Crippen molar-refractivity contribution >= 4 is 20.4 Å². The second-order valence-corrected chi connectivity index (χ2v) is 13.1. The van der Waals surface area contributed by atoms with E-state index < -0.39 is 14.3 Å². The number of carboxylic acid groups (broad SMARTS) is 1. The van der Waals surface area contributed by atoms with Crippen LogP contribution in [0, 0.1) is 0 Å². The van der Waals surface area contributed by atoms with Crippen LogP contribution in [0.2, 0.25) is 18.1 Å². The lowest BCUT2D eigenvalue weighted by atomic mass is 9.99. The number of carbonyl (C=O) groups is 1. The van der Waals surface area contributed by atoms with Gasteiger partial charge in [-0.3, -0.25) is 0 Å². The molecule has 0 amide bonds. The summed E-state index contributed by atoms with van der Waals surface area (Å²) in [6.45, 7) is 11.8. The van der Waals surface area contributed by atoms with Crippen molar-refractivity contribution in [2.45, 2.75) is 45.3 Å². The third-order valence-electron chi connectivity index (χ3n) is 5.24. The first-order chi connectivity index (χ1) is 12.6. The first-order valence-corrected chi connectivity index (χ1v) is 12.3. The number of rotatable bonds is 7. The fourth-order valence-electron chi connectivity index (χ4n) is 2.51. The van der Waals surface area contributed by atoms with Crippen LogP contribution < -0.4 is 0 Å². The molecule has 0 fully saturated rings. The normalized spacial score (nSPS) is 12.5. The van der Waals surface area contributed by atoms with Gasteiger partial charge in [-0.15, -0.1) is 0 Å². The fraction of sp³-hybridized carbons (Fsp3) is 0.348. The molecule has 2 aromatic carbocycles. The molecular formula is C23H30O3Si. The maximum Gasteiger partial charge on any atom is 0.336 e. The summed E-state index contributed by atoms with van der Waals surface area (Å²) >= 11 is 0. The summed E-state index contributed by atoms with van der Waals surface area (Å²) in [5, 5.41) is 9.78. The molecule has 4 heteroatoms. The largest absolute Gasteiger partial charge is 0.478 e. The van der Waals surface area contributed by atoms with Crippen molar-refractivity contribution in [3.63, 3.8) is 0 Å². The molecule has 0 aromatic heterocycles. The van der Waals surface area contributed by atoms with Gasteiger partial charge in [-0.25, -0.2) is 4.79 Å². The Labute approximate surface area is 163 Å². The SMILES string of the molecule is CC(C)(C)[Si](C)(C)OCC/C=C/c1ccc(-c2ccccc2)cc1C(=O)O. The Hall–Kier alpha value is -2.17. The Morgan fingerprint density at radius 1 is 1.07 bits per heavy atom. The molecule has 144 valence electrons. The van der Waals surface area contributed by atoms with E-state index in [9.17, 15) is 9.90 Å². The standard InChI is InChI=1S/C23H30O3Si/c1-23(2,3)27(4,5)26-16-10-9-13-19-14-15-20(17-21(19)22(24)25)18-11-7-6-8-12-18/h6-9,11-15,17H,10,16H2,1-5H3,(H,24,25)/b13-9+. The molecule has 0 unspecified atom stereocenters. The lowest BCUT2D eigenvalue weighted by Gasteiger charge is -2.36. The van der Waals surface area contributed by atoms with E-state index in [1.54, 1.807) is 6.07 Å². The van der Waals surface area contributed by atoms with Crippen LogP contribution in [-0.4, -0.2) is 26.0 Å². The molecule has 0 heterocycles. The van der Waals surface area contributed by atoms with Crippen LogP contribution in [0.5, 0.6) is 0 Å². The Morgan fingerprint density at radius 3 is 2.33 bits per heavy atom. The first kappa shape index (κ1) is 21.1. The summed E-state index contributed by atoms with van der Waals surface area (Å²) in [4.78, 5) is 11.7. The zero-order valence-electron chi connectivity index (χ0n) is 17.0. The van der Waals surface area contributed by atoms with E-state index in [-0.39, 0.29) is 5.04 Å². The number of hydrogen-bond acceptors (Lipinski definition) is 2. The van der Waals surface area contributed by atoms with Gasteiger partial charge in [-0.05, 0) is 47.3 Å². The van der Waals surface area contributed by atoms with E-state index in [1.165, 1.54) is 0 Å². The molecule has 0 aliphatic carbocycles. The predicted molar refractivity (Wildman–Crippen MR) is 116 cm³/mol. The van der Waals surface area contributed by atoms with Crippen LogP contribution in [0.15, 0.2) is 54.6 Å². The van der Waals surface area contributed by atoms with E-state index in [1.807, 2.05) is 54.6 Å². The van der Waals surface area contributed by atoms with Crippen molar-refractivity contribution in [2.75, 3.05) is 6.61 Å². The highest BCUT2D eigenvalue weighted by Crippen LogP contribution is 2.36. The van der Waals surface area contributed by atoms with Crippen molar-refractivity contribution in [3.05, 3.63) is 65.7 Å². The smallest absolute Gasteiger partial charge is 0.336 e. The van der Waals surface area contributed by atoms with Crippen LogP contribution in [0.4, 0.5) is 0 Å². The van der Waals surface area contributed by atoms with E-state index >= 15 is 0 Å². The molecule has 27 heavy (non-hydrogen) atoms. The van der Waals surface area contributed by atoms with Gasteiger partial charge in [0.2, 0.25) is 0 Å². The maximum absolute atomic E-state index is 11.7. The molecule has 0 bridgehead atoms. The minimum atomic E-state index is -1.74. The lowest BCUT2D eigenvalue weighted by Crippen LogP contribution is -2.40. The van der Waals surface area contributed by atoms with E-state index in [4.69, 9.17) is 4.43 Å². The molecular weight excluding hydrogens is 352 g/mol. The Balaban J connectivity index is 2.08. The Morgan fingerprint density at radius 2 is 1.74 bits per heavy atom. The van der Waals surface area contributed by atoms with Gasteiger partial charge in [0.1, 0.15) is 0 Å². The van der Waals surface area contributed by atoms with Crippen LogP contribution >= 0.6 is 0 Å². The highest BCUT2D eigenvalue weighted by molar-refractivity contribution is 6.74. The Bertz CT molecular complexity index is 802. The lowest BCUT2D eigenvalue weighted by molar-refractivity contribution is 0.0696. The summed E-state index contributed by atoms with van der Waals surface area (Å²) in [5.74, 6) is -0.912. The predicted octanol–water partition coefficient (Wildman–Crippen LogP) is 6.48. The molecule has 2 rings (SSSR count). The van der Waals surface area contributed by atoms with Gasteiger partial charge < -0.3 is 9.53 Å². The number of hydrogen-bond donors (Lipinski definition) is 1. The zero-order chi connectivity index (χ0) is 20.1. The fourth-order valence-corrected chi connectivity index (χ4v) is 3.57. The average molecular weight is 383 g/mol. The van der Waals surface area contributed by atoms with E-state index in [0.29, 0.717) is 12.2 Å². The highest BCUT2D eigenvalue weighted by Gasteiger charge is 2.36. The molecule has 0 atom stereocenters. The van der Waals surface area contributed by atoms with Crippen molar-refractivity contribution in [1.82, 2.24) is 0 Å². The average Bonchev–Trinajstić information content (AvgIpc) is 2.61. The number of carboxylic acids is 1. The molecule has 0 aliphatic rings. The number of benzene rings is 2. The van der Waals surface area contributed by atoms with Crippen molar-refractivity contribution < 1.29 is 14.3 Å². The topological polar surface area (TPSA) is 46.5 Å². The second kappa shape index (κ2) is 8.68.